The van der Waals surface area contributed by atoms with Crippen LogP contribution >= 0.6 is 0 Å². The topological polar surface area (TPSA) is 111 Å². The molecular formula is C20H24N4O5. The first kappa shape index (κ1) is 20.5. The number of anilines is 2. The summed E-state index contributed by atoms with van der Waals surface area (Å²) >= 11 is 0. The number of piperidine rings is 1. The van der Waals surface area contributed by atoms with Crippen LogP contribution in [0.5, 0.6) is 5.75 Å². The van der Waals surface area contributed by atoms with Crippen LogP contribution in [0.15, 0.2) is 42.5 Å². The van der Waals surface area contributed by atoms with Crippen molar-refractivity contribution in [3.05, 3.63) is 62.7 Å². The molecule has 2 aromatic carbocycles. The molecule has 0 aromatic heterocycles. The van der Waals surface area contributed by atoms with Gasteiger partial charge in [-0.25, -0.2) is 0 Å². The zero-order valence-corrected chi connectivity index (χ0v) is 16.1. The van der Waals surface area contributed by atoms with Crippen molar-refractivity contribution in [2.24, 2.45) is 0 Å². The Kier molecular flexibility index (Phi) is 6.96. The van der Waals surface area contributed by atoms with E-state index in [9.17, 15) is 20.2 Å². The third-order valence-corrected chi connectivity index (χ3v) is 4.86. The maximum atomic E-state index is 11.2. The average molecular weight is 400 g/mol. The van der Waals surface area contributed by atoms with Crippen LogP contribution in [-0.2, 0) is 0 Å². The van der Waals surface area contributed by atoms with Crippen molar-refractivity contribution in [2.45, 2.75) is 25.7 Å². The van der Waals surface area contributed by atoms with Crippen molar-refractivity contribution in [2.75, 3.05) is 31.6 Å². The van der Waals surface area contributed by atoms with Crippen LogP contribution in [0.2, 0.25) is 0 Å². The number of ether oxygens (including phenoxy) is 1. The van der Waals surface area contributed by atoms with Gasteiger partial charge in [0.05, 0.1) is 22.5 Å². The number of benzene rings is 2. The molecule has 9 nitrogen and oxygen atoms in total. The fourth-order valence-electron chi connectivity index (χ4n) is 3.34. The molecule has 1 fully saturated rings. The Balaban J connectivity index is 1.53. The summed E-state index contributed by atoms with van der Waals surface area (Å²) in [6.07, 6.45) is 4.86. The van der Waals surface area contributed by atoms with Crippen LogP contribution in [0.3, 0.4) is 0 Å². The van der Waals surface area contributed by atoms with Gasteiger partial charge in [0.25, 0.3) is 11.4 Å². The monoisotopic (exact) mass is 400 g/mol. The summed E-state index contributed by atoms with van der Waals surface area (Å²) in [7, 11) is 0. The Morgan fingerprint density at radius 3 is 2.34 bits per heavy atom. The third-order valence-electron chi connectivity index (χ3n) is 4.86. The normalized spacial score (nSPS) is 14.3. The quantitative estimate of drug-likeness (QED) is 0.375. The molecule has 0 bridgehead atoms. The minimum atomic E-state index is -0.659. The minimum absolute atomic E-state index is 0.191. The van der Waals surface area contributed by atoms with Crippen molar-refractivity contribution in [1.82, 2.24) is 4.90 Å². The predicted molar refractivity (Wildman–Crippen MR) is 110 cm³/mol. The Morgan fingerprint density at radius 1 is 0.966 bits per heavy atom. The van der Waals surface area contributed by atoms with Crippen molar-refractivity contribution in [3.63, 3.8) is 0 Å². The van der Waals surface area contributed by atoms with E-state index < -0.39 is 9.85 Å². The lowest BCUT2D eigenvalue weighted by Gasteiger charge is -2.26. The number of rotatable bonds is 9. The molecule has 1 N–H and O–H groups in total. The zero-order valence-electron chi connectivity index (χ0n) is 16.1. The summed E-state index contributed by atoms with van der Waals surface area (Å²) in [6, 6.07) is 10.6. The lowest BCUT2D eigenvalue weighted by Crippen LogP contribution is -2.31. The fourth-order valence-corrected chi connectivity index (χ4v) is 3.34. The lowest BCUT2D eigenvalue weighted by atomic mass is 10.1. The minimum Gasteiger partial charge on any atom is -0.494 e. The predicted octanol–water partition coefficient (Wildman–Crippen LogP) is 4.50. The van der Waals surface area contributed by atoms with Crippen LogP contribution in [0, 0.1) is 20.2 Å². The first-order valence-corrected chi connectivity index (χ1v) is 9.68. The maximum Gasteiger partial charge on any atom is 0.299 e. The van der Waals surface area contributed by atoms with Gasteiger partial charge in [-0.1, -0.05) is 6.42 Å². The van der Waals surface area contributed by atoms with E-state index in [1.807, 2.05) is 0 Å². The summed E-state index contributed by atoms with van der Waals surface area (Å²) in [5.41, 5.74) is 0.145. The zero-order chi connectivity index (χ0) is 20.6. The highest BCUT2D eigenvalue weighted by Gasteiger charge is 2.19. The summed E-state index contributed by atoms with van der Waals surface area (Å²) in [5.74, 6) is 0.729. The molecule has 0 aliphatic carbocycles. The van der Waals surface area contributed by atoms with Gasteiger partial charge in [0.1, 0.15) is 11.4 Å². The number of nitrogens with one attached hydrogen (secondary N) is 1. The van der Waals surface area contributed by atoms with Gasteiger partial charge in [-0.3, -0.25) is 20.2 Å². The molecule has 0 atom stereocenters. The van der Waals surface area contributed by atoms with Crippen molar-refractivity contribution in [1.29, 1.82) is 0 Å². The summed E-state index contributed by atoms with van der Waals surface area (Å²) in [5, 5.41) is 25.0. The van der Waals surface area contributed by atoms with Crippen LogP contribution in [0.25, 0.3) is 0 Å². The number of hydrogen-bond donors (Lipinski definition) is 1. The van der Waals surface area contributed by atoms with E-state index in [1.54, 1.807) is 24.3 Å². The van der Waals surface area contributed by atoms with Crippen LogP contribution in [-0.4, -0.2) is 41.0 Å². The second kappa shape index (κ2) is 9.83. The molecule has 0 saturated carbocycles. The molecule has 0 amide bonds. The Bertz CT molecular complexity index is 850. The van der Waals surface area contributed by atoms with E-state index in [0.717, 1.165) is 24.8 Å². The van der Waals surface area contributed by atoms with Crippen LogP contribution in [0.1, 0.15) is 25.7 Å². The van der Waals surface area contributed by atoms with Gasteiger partial charge in [-0.2, -0.15) is 0 Å². The molecule has 1 aliphatic heterocycles. The number of non-ortho nitro benzene ring substituents is 1. The Morgan fingerprint density at radius 2 is 1.69 bits per heavy atom. The molecule has 9 heteroatoms. The summed E-state index contributed by atoms with van der Waals surface area (Å²) < 4.78 is 5.77. The number of nitro groups is 2. The summed E-state index contributed by atoms with van der Waals surface area (Å²) in [6.45, 7) is 4.03. The molecule has 3 rings (SSSR count). The standard InChI is InChI=1S/C20H24N4O5/c25-23(26)17-7-10-19(20(15-17)24(27)28)21-16-5-8-18(9-6-16)29-14-4-13-22-11-2-1-3-12-22/h5-10,15,21H,1-4,11-14H2. The van der Waals surface area contributed by atoms with E-state index in [1.165, 1.54) is 44.5 Å². The highest BCUT2D eigenvalue weighted by Crippen LogP contribution is 2.31. The summed E-state index contributed by atoms with van der Waals surface area (Å²) in [4.78, 5) is 23.2. The van der Waals surface area contributed by atoms with Crippen LogP contribution in [0.4, 0.5) is 22.7 Å². The molecule has 2 aromatic rings. The van der Waals surface area contributed by atoms with Gasteiger partial charge in [-0.15, -0.1) is 0 Å². The van der Waals surface area contributed by atoms with Crippen LogP contribution < -0.4 is 10.1 Å². The number of nitrogens with zero attached hydrogens (tertiary/aromatic N) is 3. The van der Waals surface area contributed by atoms with Crippen molar-refractivity contribution in [3.8, 4) is 5.75 Å². The van der Waals surface area contributed by atoms with Gasteiger partial charge in [0, 0.05) is 18.3 Å². The molecule has 0 radical (unpaired) electrons. The highest BCUT2D eigenvalue weighted by atomic mass is 16.6. The molecule has 1 saturated heterocycles. The molecule has 0 unspecified atom stereocenters. The lowest BCUT2D eigenvalue weighted by molar-refractivity contribution is -0.393. The molecule has 1 heterocycles. The fraction of sp³-hybridized carbons (Fsp3) is 0.400. The van der Waals surface area contributed by atoms with Crippen molar-refractivity contribution >= 4 is 22.7 Å². The second-order valence-electron chi connectivity index (χ2n) is 6.97. The number of hydrogen-bond acceptors (Lipinski definition) is 7. The first-order chi connectivity index (χ1) is 14.0. The average Bonchev–Trinajstić information content (AvgIpc) is 2.73. The molecule has 154 valence electrons. The molecule has 1 aliphatic rings. The SMILES string of the molecule is O=[N+]([O-])c1ccc(Nc2ccc(OCCCN3CCCCC3)cc2)c([N+](=O)[O-])c1. The van der Waals surface area contributed by atoms with Gasteiger partial charge in [-0.05, 0) is 62.7 Å². The van der Waals surface area contributed by atoms with Gasteiger partial charge in [0.15, 0.2) is 0 Å². The number of nitro benzene ring substituents is 2. The number of likely N-dealkylation sites (tertiary alicyclic amines) is 1. The van der Waals surface area contributed by atoms with Gasteiger partial charge < -0.3 is 15.0 Å². The molecule has 0 spiro atoms. The second-order valence-corrected chi connectivity index (χ2v) is 6.97. The van der Waals surface area contributed by atoms with Gasteiger partial charge in [0.2, 0.25) is 0 Å². The maximum absolute atomic E-state index is 11.2. The van der Waals surface area contributed by atoms with E-state index >= 15 is 0 Å². The van der Waals surface area contributed by atoms with E-state index in [0.29, 0.717) is 12.3 Å². The van der Waals surface area contributed by atoms with E-state index in [-0.39, 0.29) is 17.1 Å². The largest absolute Gasteiger partial charge is 0.494 e. The molecular weight excluding hydrogens is 376 g/mol. The molecule has 29 heavy (non-hydrogen) atoms. The van der Waals surface area contributed by atoms with E-state index in [2.05, 4.69) is 10.2 Å². The van der Waals surface area contributed by atoms with Crippen molar-refractivity contribution < 1.29 is 14.6 Å². The van der Waals surface area contributed by atoms with E-state index in [4.69, 9.17) is 4.74 Å². The Hall–Kier alpha value is -3.20. The van der Waals surface area contributed by atoms with Gasteiger partial charge >= 0.3 is 0 Å². The Labute approximate surface area is 168 Å². The first-order valence-electron chi connectivity index (χ1n) is 9.68. The third kappa shape index (κ3) is 5.89. The smallest absolute Gasteiger partial charge is 0.299 e. The highest BCUT2D eigenvalue weighted by molar-refractivity contribution is 5.71.